The summed E-state index contributed by atoms with van der Waals surface area (Å²) in [5, 5.41) is 3.07. The van der Waals surface area contributed by atoms with Gasteiger partial charge in [0.25, 0.3) is 0 Å². The van der Waals surface area contributed by atoms with Crippen molar-refractivity contribution in [1.29, 1.82) is 0 Å². The fourth-order valence-electron chi connectivity index (χ4n) is 5.31. The largest absolute Gasteiger partial charge is 0.260 e. The van der Waals surface area contributed by atoms with E-state index in [9.17, 15) is 0 Å². The summed E-state index contributed by atoms with van der Waals surface area (Å²) in [6.07, 6.45) is 3.78. The van der Waals surface area contributed by atoms with E-state index in [-0.39, 0.29) is 10.8 Å². The van der Waals surface area contributed by atoms with Gasteiger partial charge in [0.15, 0.2) is 0 Å². The van der Waals surface area contributed by atoms with Gasteiger partial charge in [0, 0.05) is 23.2 Å². The first kappa shape index (κ1) is 21.8. The quantitative estimate of drug-likeness (QED) is 0.362. The normalized spacial score (nSPS) is 14.6. The summed E-state index contributed by atoms with van der Waals surface area (Å²) >= 11 is 0. The zero-order chi connectivity index (χ0) is 23.4. The minimum atomic E-state index is -1.74. The van der Waals surface area contributed by atoms with Crippen LogP contribution < -0.4 is 10.4 Å². The molecule has 0 atom stereocenters. The lowest BCUT2D eigenvalue weighted by atomic mass is 9.78. The highest BCUT2D eigenvalue weighted by Gasteiger charge is 2.39. The van der Waals surface area contributed by atoms with Crippen LogP contribution >= 0.6 is 0 Å². The summed E-state index contributed by atoms with van der Waals surface area (Å²) in [5.74, 6) is 0. The highest BCUT2D eigenvalue weighted by molar-refractivity contribution is 7.03. The highest BCUT2D eigenvalue weighted by atomic mass is 28.3. The van der Waals surface area contributed by atoms with E-state index in [0.717, 1.165) is 11.4 Å². The van der Waals surface area contributed by atoms with Gasteiger partial charge in [-0.2, -0.15) is 0 Å². The van der Waals surface area contributed by atoms with Crippen LogP contribution in [0.2, 0.25) is 13.1 Å². The van der Waals surface area contributed by atoms with E-state index in [1.807, 2.05) is 24.5 Å². The number of fused-ring (bicyclic) bond motifs is 3. The van der Waals surface area contributed by atoms with Crippen LogP contribution in [0.3, 0.4) is 0 Å². The zero-order valence-corrected chi connectivity index (χ0v) is 21.5. The van der Waals surface area contributed by atoms with E-state index in [1.54, 1.807) is 0 Å². The molecule has 2 aromatic carbocycles. The SMILES string of the molecule is CC(C)(c1ccc2c(c1)-c1cc(C(C)(C)c3ccccn3)ccc1[Si]2(C)C)c1ccccn1. The van der Waals surface area contributed by atoms with Crippen LogP contribution in [-0.2, 0) is 10.8 Å². The number of pyridine rings is 2. The molecule has 1 aliphatic rings. The maximum Gasteiger partial charge on any atom is 0.113 e. The molecule has 166 valence electrons. The number of hydrogen-bond acceptors (Lipinski definition) is 2. The average molecular weight is 449 g/mol. The second-order valence-electron chi connectivity index (χ2n) is 10.8. The second-order valence-corrected chi connectivity index (χ2v) is 15.2. The molecule has 0 fully saturated rings. The van der Waals surface area contributed by atoms with Crippen molar-refractivity contribution in [2.24, 2.45) is 0 Å². The molecule has 4 aromatic rings. The lowest BCUT2D eigenvalue weighted by Gasteiger charge is -2.26. The Bertz CT molecular complexity index is 1220. The summed E-state index contributed by atoms with van der Waals surface area (Å²) in [7, 11) is -1.74. The molecule has 2 aromatic heterocycles. The first-order chi connectivity index (χ1) is 15.6. The van der Waals surface area contributed by atoms with Gasteiger partial charge in [-0.15, -0.1) is 0 Å². The fraction of sp³-hybridized carbons (Fsp3) is 0.267. The van der Waals surface area contributed by atoms with Crippen LogP contribution in [-0.4, -0.2) is 18.0 Å². The van der Waals surface area contributed by atoms with Crippen LogP contribution in [0.25, 0.3) is 11.1 Å². The van der Waals surface area contributed by atoms with Crippen LogP contribution in [0.5, 0.6) is 0 Å². The van der Waals surface area contributed by atoms with Crippen molar-refractivity contribution in [2.75, 3.05) is 0 Å². The third kappa shape index (κ3) is 3.38. The molecule has 2 nitrogen and oxygen atoms in total. The smallest absolute Gasteiger partial charge is 0.113 e. The topological polar surface area (TPSA) is 25.8 Å². The van der Waals surface area contributed by atoms with Crippen molar-refractivity contribution >= 4 is 18.4 Å². The Morgan fingerprint density at radius 3 is 1.36 bits per heavy atom. The summed E-state index contributed by atoms with van der Waals surface area (Å²) in [6.45, 7) is 14.0. The minimum absolute atomic E-state index is 0.157. The molecular formula is C30H32N2Si. The average Bonchev–Trinajstić information content (AvgIpc) is 3.06. The third-order valence-corrected chi connectivity index (χ3v) is 11.3. The van der Waals surface area contributed by atoms with Crippen molar-refractivity contribution in [2.45, 2.75) is 51.6 Å². The van der Waals surface area contributed by atoms with Gasteiger partial charge in [0.2, 0.25) is 0 Å². The Morgan fingerprint density at radius 1 is 0.576 bits per heavy atom. The minimum Gasteiger partial charge on any atom is -0.260 e. The predicted octanol–water partition coefficient (Wildman–Crippen LogP) is 5.93. The molecule has 0 amide bonds. The standard InChI is InChI=1S/C30H32N2Si/c1-29(2,27-11-7-9-17-31-27)21-13-15-25-23(19-21)24-20-22(14-16-26(24)33(25,5)6)30(3,4)28-12-8-10-18-32-28/h7-20H,1-6H3. The fourth-order valence-corrected chi connectivity index (χ4v) is 8.36. The number of rotatable bonds is 4. The molecule has 0 unspecified atom stereocenters. The van der Waals surface area contributed by atoms with Crippen LogP contribution in [0.15, 0.2) is 85.2 Å². The molecule has 0 spiro atoms. The summed E-state index contributed by atoms with van der Waals surface area (Å²) in [5.41, 5.74) is 7.32. The molecule has 0 aliphatic carbocycles. The lowest BCUT2D eigenvalue weighted by molar-refractivity contribution is 0.616. The number of aromatic nitrogens is 2. The van der Waals surface area contributed by atoms with Gasteiger partial charge in [-0.05, 0) is 56.9 Å². The van der Waals surface area contributed by atoms with E-state index in [2.05, 4.69) is 111 Å². The molecule has 0 N–H and O–H groups in total. The predicted molar refractivity (Wildman–Crippen MR) is 141 cm³/mol. The summed E-state index contributed by atoms with van der Waals surface area (Å²) < 4.78 is 0. The van der Waals surface area contributed by atoms with Gasteiger partial charge in [0.05, 0.1) is 11.4 Å². The van der Waals surface area contributed by atoms with Crippen molar-refractivity contribution in [3.8, 4) is 11.1 Å². The Balaban J connectivity index is 1.66. The van der Waals surface area contributed by atoms with Gasteiger partial charge in [0.1, 0.15) is 8.07 Å². The van der Waals surface area contributed by atoms with Gasteiger partial charge in [-0.25, -0.2) is 0 Å². The van der Waals surface area contributed by atoms with E-state index < -0.39 is 8.07 Å². The van der Waals surface area contributed by atoms with Gasteiger partial charge < -0.3 is 0 Å². The van der Waals surface area contributed by atoms with Crippen LogP contribution in [0.1, 0.15) is 50.2 Å². The summed E-state index contributed by atoms with van der Waals surface area (Å²) in [6, 6.07) is 26.7. The van der Waals surface area contributed by atoms with E-state index in [1.165, 1.54) is 32.6 Å². The molecule has 3 heteroatoms. The number of hydrogen-bond donors (Lipinski definition) is 0. The van der Waals surface area contributed by atoms with E-state index >= 15 is 0 Å². The Labute approximate surface area is 198 Å². The van der Waals surface area contributed by atoms with Crippen LogP contribution in [0, 0.1) is 0 Å². The maximum absolute atomic E-state index is 4.67. The third-order valence-electron chi connectivity index (χ3n) is 7.73. The van der Waals surface area contributed by atoms with E-state index in [0.29, 0.717) is 0 Å². The van der Waals surface area contributed by atoms with Crippen molar-refractivity contribution in [1.82, 2.24) is 9.97 Å². The first-order valence-corrected chi connectivity index (χ1v) is 14.8. The molecule has 33 heavy (non-hydrogen) atoms. The Morgan fingerprint density at radius 2 is 1.00 bits per heavy atom. The number of benzene rings is 2. The lowest BCUT2D eigenvalue weighted by Crippen LogP contribution is -2.49. The van der Waals surface area contributed by atoms with Crippen molar-refractivity contribution in [3.05, 3.63) is 108 Å². The maximum atomic E-state index is 4.67. The second kappa shape index (κ2) is 7.49. The van der Waals surface area contributed by atoms with Gasteiger partial charge in [-0.1, -0.05) is 89.3 Å². The summed E-state index contributed by atoms with van der Waals surface area (Å²) in [4.78, 5) is 9.35. The van der Waals surface area contributed by atoms with Crippen LogP contribution in [0.4, 0.5) is 0 Å². The molecular weight excluding hydrogens is 416 g/mol. The molecule has 0 bridgehead atoms. The molecule has 1 aliphatic heterocycles. The van der Waals surface area contributed by atoms with Crippen molar-refractivity contribution < 1.29 is 0 Å². The highest BCUT2D eigenvalue weighted by Crippen LogP contribution is 2.38. The Hall–Kier alpha value is -3.04. The Kier molecular flexibility index (Phi) is 4.95. The molecule has 0 saturated carbocycles. The molecule has 3 heterocycles. The van der Waals surface area contributed by atoms with Gasteiger partial charge in [-0.3, -0.25) is 9.97 Å². The molecule has 0 radical (unpaired) electrons. The molecule has 0 saturated heterocycles. The first-order valence-electron chi connectivity index (χ1n) is 11.8. The number of nitrogens with zero attached hydrogens (tertiary/aromatic N) is 2. The van der Waals surface area contributed by atoms with Gasteiger partial charge >= 0.3 is 0 Å². The van der Waals surface area contributed by atoms with Crippen molar-refractivity contribution in [3.63, 3.8) is 0 Å². The van der Waals surface area contributed by atoms with E-state index in [4.69, 9.17) is 0 Å². The monoisotopic (exact) mass is 448 g/mol. The zero-order valence-electron chi connectivity index (χ0n) is 20.5. The molecule has 5 rings (SSSR count).